The van der Waals surface area contributed by atoms with Crippen LogP contribution in [0.4, 0.5) is 0 Å². The molecular formula is C16H20N4S. The second-order valence-corrected chi connectivity index (χ2v) is 6.27. The molecule has 0 saturated carbocycles. The largest absolute Gasteiger partial charge is 0.311 e. The summed E-state index contributed by atoms with van der Waals surface area (Å²) in [4.78, 5) is 4.73. The lowest BCUT2D eigenvalue weighted by Gasteiger charge is -2.14. The zero-order valence-electron chi connectivity index (χ0n) is 12.6. The Labute approximate surface area is 128 Å². The summed E-state index contributed by atoms with van der Waals surface area (Å²) in [6, 6.07) is 10.7. The number of fused-ring (bicyclic) bond motifs is 1. The number of para-hydroxylation sites is 1. The molecule has 0 amide bonds. The number of nitrogens with one attached hydrogen (secondary N) is 1. The van der Waals surface area contributed by atoms with Gasteiger partial charge in [0, 0.05) is 13.5 Å². The summed E-state index contributed by atoms with van der Waals surface area (Å²) >= 11 is 1.77. The minimum atomic E-state index is 0.239. The number of hydrogen-bond acceptors (Lipinski definition) is 4. The standard InChI is InChI=1S/C16H20N4S/c1-4-11-9-14(20(3)19-11)13(17-2)10-16-18-12-7-5-6-8-15(12)21-16/h5-9,13,17H,4,10H2,1-3H3. The van der Waals surface area contributed by atoms with Gasteiger partial charge >= 0.3 is 0 Å². The molecule has 1 atom stereocenters. The average Bonchev–Trinajstić information content (AvgIpc) is 3.07. The number of benzene rings is 1. The van der Waals surface area contributed by atoms with Crippen molar-refractivity contribution in [2.75, 3.05) is 7.05 Å². The minimum Gasteiger partial charge on any atom is -0.311 e. The molecule has 1 unspecified atom stereocenters. The Morgan fingerprint density at radius 3 is 2.81 bits per heavy atom. The fourth-order valence-corrected chi connectivity index (χ4v) is 3.59. The van der Waals surface area contributed by atoms with Crippen molar-refractivity contribution in [3.8, 4) is 0 Å². The third-order valence-electron chi connectivity index (χ3n) is 3.75. The molecular weight excluding hydrogens is 280 g/mol. The van der Waals surface area contributed by atoms with E-state index in [2.05, 4.69) is 41.6 Å². The molecule has 0 radical (unpaired) electrons. The first-order valence-electron chi connectivity index (χ1n) is 7.25. The van der Waals surface area contributed by atoms with Crippen LogP contribution in [0.2, 0.25) is 0 Å². The summed E-state index contributed by atoms with van der Waals surface area (Å²) < 4.78 is 3.23. The van der Waals surface area contributed by atoms with Crippen LogP contribution in [-0.4, -0.2) is 21.8 Å². The van der Waals surface area contributed by atoms with Gasteiger partial charge in [0.15, 0.2) is 0 Å². The van der Waals surface area contributed by atoms with Gasteiger partial charge in [-0.05, 0) is 31.7 Å². The molecule has 1 aromatic carbocycles. The lowest BCUT2D eigenvalue weighted by molar-refractivity contribution is 0.536. The van der Waals surface area contributed by atoms with Crippen LogP contribution in [0.3, 0.4) is 0 Å². The predicted molar refractivity (Wildman–Crippen MR) is 87.7 cm³/mol. The van der Waals surface area contributed by atoms with Crippen molar-refractivity contribution >= 4 is 21.6 Å². The molecule has 0 aliphatic carbocycles. The first kappa shape index (κ1) is 14.2. The van der Waals surface area contributed by atoms with Gasteiger partial charge in [0.2, 0.25) is 0 Å². The maximum atomic E-state index is 4.73. The Morgan fingerprint density at radius 1 is 1.33 bits per heavy atom. The average molecular weight is 300 g/mol. The lowest BCUT2D eigenvalue weighted by Crippen LogP contribution is -2.21. The van der Waals surface area contributed by atoms with Crippen LogP contribution in [0.5, 0.6) is 0 Å². The van der Waals surface area contributed by atoms with Crippen LogP contribution in [-0.2, 0) is 19.9 Å². The zero-order valence-corrected chi connectivity index (χ0v) is 13.4. The molecule has 3 rings (SSSR count). The molecule has 1 N–H and O–H groups in total. The van der Waals surface area contributed by atoms with E-state index in [0.717, 1.165) is 29.1 Å². The number of aromatic nitrogens is 3. The summed E-state index contributed by atoms with van der Waals surface area (Å²) in [6.45, 7) is 2.13. The maximum Gasteiger partial charge on any atom is 0.0958 e. The third-order valence-corrected chi connectivity index (χ3v) is 4.81. The van der Waals surface area contributed by atoms with Crippen LogP contribution in [0.15, 0.2) is 30.3 Å². The topological polar surface area (TPSA) is 42.7 Å². The number of nitrogens with zero attached hydrogens (tertiary/aromatic N) is 3. The van der Waals surface area contributed by atoms with E-state index in [9.17, 15) is 0 Å². The molecule has 0 fully saturated rings. The summed E-state index contributed by atoms with van der Waals surface area (Å²) in [5.74, 6) is 0. The fourth-order valence-electron chi connectivity index (χ4n) is 2.58. The van der Waals surface area contributed by atoms with Gasteiger partial charge < -0.3 is 5.32 Å². The van der Waals surface area contributed by atoms with Crippen molar-refractivity contribution in [3.63, 3.8) is 0 Å². The van der Waals surface area contributed by atoms with E-state index >= 15 is 0 Å². The molecule has 21 heavy (non-hydrogen) atoms. The van der Waals surface area contributed by atoms with E-state index in [1.165, 1.54) is 10.4 Å². The van der Waals surface area contributed by atoms with Gasteiger partial charge in [0.25, 0.3) is 0 Å². The SMILES string of the molecule is CCc1cc(C(Cc2nc3ccccc3s2)NC)n(C)n1. The predicted octanol–water partition coefficient (Wildman–Crippen LogP) is 3.10. The van der Waals surface area contributed by atoms with Crippen molar-refractivity contribution in [2.24, 2.45) is 7.05 Å². The number of aryl methyl sites for hydroxylation is 2. The Bertz CT molecular complexity index is 711. The Hall–Kier alpha value is -1.72. The fraction of sp³-hybridized carbons (Fsp3) is 0.375. The summed E-state index contributed by atoms with van der Waals surface area (Å²) in [6.07, 6.45) is 1.85. The molecule has 0 aliphatic rings. The molecule has 110 valence electrons. The molecule has 2 aromatic heterocycles. The van der Waals surface area contributed by atoms with Gasteiger partial charge in [0.05, 0.1) is 32.7 Å². The van der Waals surface area contributed by atoms with E-state index in [1.807, 2.05) is 24.8 Å². The monoisotopic (exact) mass is 300 g/mol. The molecule has 4 nitrogen and oxygen atoms in total. The van der Waals surface area contributed by atoms with E-state index in [-0.39, 0.29) is 6.04 Å². The highest BCUT2D eigenvalue weighted by Gasteiger charge is 2.17. The van der Waals surface area contributed by atoms with Crippen LogP contribution in [0.25, 0.3) is 10.2 Å². The number of rotatable bonds is 5. The van der Waals surface area contributed by atoms with E-state index in [1.54, 1.807) is 11.3 Å². The van der Waals surface area contributed by atoms with Crippen LogP contribution in [0.1, 0.15) is 29.4 Å². The number of hydrogen-bond donors (Lipinski definition) is 1. The number of likely N-dealkylation sites (N-methyl/N-ethyl adjacent to an activating group) is 1. The number of thiazole rings is 1. The quantitative estimate of drug-likeness (QED) is 0.787. The van der Waals surface area contributed by atoms with Crippen molar-refractivity contribution in [1.82, 2.24) is 20.1 Å². The van der Waals surface area contributed by atoms with Crippen molar-refractivity contribution in [3.05, 3.63) is 46.7 Å². The van der Waals surface area contributed by atoms with Gasteiger partial charge in [0.1, 0.15) is 0 Å². The third kappa shape index (κ3) is 2.84. The Morgan fingerprint density at radius 2 is 2.14 bits per heavy atom. The second kappa shape index (κ2) is 5.95. The normalized spacial score (nSPS) is 12.9. The molecule has 0 aliphatic heterocycles. The first-order valence-corrected chi connectivity index (χ1v) is 8.07. The maximum absolute atomic E-state index is 4.73. The zero-order chi connectivity index (χ0) is 14.8. The summed E-state index contributed by atoms with van der Waals surface area (Å²) in [7, 11) is 4.01. The molecule has 0 saturated heterocycles. The van der Waals surface area contributed by atoms with Crippen LogP contribution >= 0.6 is 11.3 Å². The highest BCUT2D eigenvalue weighted by Crippen LogP contribution is 2.26. The van der Waals surface area contributed by atoms with Gasteiger partial charge in [-0.3, -0.25) is 4.68 Å². The van der Waals surface area contributed by atoms with Crippen LogP contribution in [0, 0.1) is 0 Å². The van der Waals surface area contributed by atoms with Gasteiger partial charge in [-0.2, -0.15) is 5.10 Å². The Kier molecular flexibility index (Phi) is 4.03. The summed E-state index contributed by atoms with van der Waals surface area (Å²) in [5.41, 5.74) is 3.44. The summed E-state index contributed by atoms with van der Waals surface area (Å²) in [5, 5.41) is 9.10. The van der Waals surface area contributed by atoms with E-state index in [4.69, 9.17) is 4.98 Å². The van der Waals surface area contributed by atoms with Gasteiger partial charge in [-0.15, -0.1) is 11.3 Å². The van der Waals surface area contributed by atoms with Crippen molar-refractivity contribution < 1.29 is 0 Å². The smallest absolute Gasteiger partial charge is 0.0958 e. The van der Waals surface area contributed by atoms with Gasteiger partial charge in [-0.1, -0.05) is 19.1 Å². The molecule has 2 heterocycles. The van der Waals surface area contributed by atoms with E-state index < -0.39 is 0 Å². The van der Waals surface area contributed by atoms with Crippen molar-refractivity contribution in [2.45, 2.75) is 25.8 Å². The van der Waals surface area contributed by atoms with Crippen LogP contribution < -0.4 is 5.32 Å². The highest BCUT2D eigenvalue weighted by molar-refractivity contribution is 7.18. The molecule has 3 aromatic rings. The van der Waals surface area contributed by atoms with E-state index in [0.29, 0.717) is 0 Å². The minimum absolute atomic E-state index is 0.239. The molecule has 5 heteroatoms. The van der Waals surface area contributed by atoms with Crippen molar-refractivity contribution in [1.29, 1.82) is 0 Å². The molecule has 0 spiro atoms. The van der Waals surface area contributed by atoms with Gasteiger partial charge in [-0.25, -0.2) is 4.98 Å². The first-order chi connectivity index (χ1) is 10.2. The lowest BCUT2D eigenvalue weighted by atomic mass is 10.1. The second-order valence-electron chi connectivity index (χ2n) is 5.16. The highest BCUT2D eigenvalue weighted by atomic mass is 32.1. The molecule has 0 bridgehead atoms. The Balaban J connectivity index is 1.87.